The van der Waals surface area contributed by atoms with Crippen molar-refractivity contribution in [1.29, 1.82) is 0 Å². The Hall–Kier alpha value is -2.17. The summed E-state index contributed by atoms with van der Waals surface area (Å²) >= 11 is 0. The fraction of sp³-hybridized carbons (Fsp3) is 0.333. The van der Waals surface area contributed by atoms with E-state index >= 15 is 0 Å². The fourth-order valence-electron chi connectivity index (χ4n) is 1.73. The Bertz CT molecular complexity index is 543. The number of aromatic nitrogens is 2. The number of halogens is 1. The second-order valence-corrected chi connectivity index (χ2v) is 4.71. The van der Waals surface area contributed by atoms with Crippen LogP contribution < -0.4 is 10.1 Å². The third-order valence-electron chi connectivity index (χ3n) is 2.63. The molecule has 1 heterocycles. The highest BCUT2D eigenvalue weighted by atomic mass is 19.1. The van der Waals surface area contributed by atoms with E-state index in [2.05, 4.69) is 15.3 Å². The molecule has 1 aromatic carbocycles. The van der Waals surface area contributed by atoms with Crippen LogP contribution in [0.15, 0.2) is 36.7 Å². The van der Waals surface area contributed by atoms with Gasteiger partial charge in [-0.15, -0.1) is 0 Å². The van der Waals surface area contributed by atoms with Crippen molar-refractivity contribution in [3.8, 4) is 5.88 Å². The lowest BCUT2D eigenvalue weighted by Gasteiger charge is -2.10. The Balaban J connectivity index is 1.86. The van der Waals surface area contributed by atoms with Crippen molar-refractivity contribution in [3.63, 3.8) is 0 Å². The quantitative estimate of drug-likeness (QED) is 0.880. The minimum atomic E-state index is -0.215. The smallest absolute Gasteiger partial charge is 0.218 e. The Labute approximate surface area is 118 Å². The first kappa shape index (κ1) is 14.2. The van der Waals surface area contributed by atoms with E-state index in [-0.39, 0.29) is 11.9 Å². The molecule has 0 atom stereocenters. The number of ether oxygens (including phenoxy) is 1. The average Bonchev–Trinajstić information content (AvgIpc) is 2.41. The first-order valence-electron chi connectivity index (χ1n) is 6.60. The predicted octanol–water partition coefficient (Wildman–Crippen LogP) is 3.06. The van der Waals surface area contributed by atoms with Crippen molar-refractivity contribution >= 4 is 5.82 Å². The van der Waals surface area contributed by atoms with Crippen LogP contribution in [0.4, 0.5) is 10.2 Å². The van der Waals surface area contributed by atoms with Gasteiger partial charge < -0.3 is 10.1 Å². The van der Waals surface area contributed by atoms with E-state index in [1.165, 1.54) is 18.5 Å². The third kappa shape index (κ3) is 4.50. The Kier molecular flexibility index (Phi) is 4.87. The van der Waals surface area contributed by atoms with Gasteiger partial charge in [0.15, 0.2) is 0 Å². The molecule has 0 fully saturated rings. The molecule has 0 spiro atoms. The summed E-state index contributed by atoms with van der Waals surface area (Å²) in [7, 11) is 0. The lowest BCUT2D eigenvalue weighted by atomic mass is 10.1. The molecular formula is C15H18FN3O. The topological polar surface area (TPSA) is 47.0 Å². The summed E-state index contributed by atoms with van der Waals surface area (Å²) in [6.07, 6.45) is 2.35. The maximum absolute atomic E-state index is 12.8. The zero-order chi connectivity index (χ0) is 14.4. The van der Waals surface area contributed by atoms with Gasteiger partial charge in [-0.2, -0.15) is 0 Å². The molecule has 4 nitrogen and oxygen atoms in total. The lowest BCUT2D eigenvalue weighted by molar-refractivity contribution is 0.232. The van der Waals surface area contributed by atoms with Crippen molar-refractivity contribution in [2.24, 2.45) is 0 Å². The van der Waals surface area contributed by atoms with E-state index in [1.807, 2.05) is 13.8 Å². The van der Waals surface area contributed by atoms with Gasteiger partial charge in [0, 0.05) is 12.6 Å². The first-order valence-corrected chi connectivity index (χ1v) is 6.60. The maximum Gasteiger partial charge on any atom is 0.218 e. The molecular weight excluding hydrogens is 257 g/mol. The molecule has 0 unspecified atom stereocenters. The minimum Gasteiger partial charge on any atom is -0.475 e. The molecule has 0 bridgehead atoms. The number of rotatable bonds is 6. The highest BCUT2D eigenvalue weighted by molar-refractivity contribution is 5.37. The summed E-state index contributed by atoms with van der Waals surface area (Å²) < 4.78 is 18.3. The molecule has 0 saturated heterocycles. The molecule has 0 saturated carbocycles. The molecule has 2 aromatic rings. The van der Waals surface area contributed by atoms with Crippen molar-refractivity contribution in [1.82, 2.24) is 9.97 Å². The van der Waals surface area contributed by atoms with E-state index in [0.29, 0.717) is 12.4 Å². The van der Waals surface area contributed by atoms with Gasteiger partial charge in [-0.1, -0.05) is 12.1 Å². The highest BCUT2D eigenvalue weighted by Gasteiger charge is 2.02. The van der Waals surface area contributed by atoms with Crippen LogP contribution in [0.2, 0.25) is 0 Å². The second-order valence-electron chi connectivity index (χ2n) is 4.71. The van der Waals surface area contributed by atoms with Gasteiger partial charge in [-0.25, -0.2) is 14.4 Å². The largest absolute Gasteiger partial charge is 0.475 e. The molecule has 0 aliphatic carbocycles. The average molecular weight is 275 g/mol. The van der Waals surface area contributed by atoms with Crippen molar-refractivity contribution in [2.75, 3.05) is 11.9 Å². The summed E-state index contributed by atoms with van der Waals surface area (Å²) in [4.78, 5) is 8.17. The summed E-state index contributed by atoms with van der Waals surface area (Å²) in [5.74, 6) is 1.06. The molecule has 5 heteroatoms. The van der Waals surface area contributed by atoms with Gasteiger partial charge in [-0.3, -0.25) is 0 Å². The van der Waals surface area contributed by atoms with Crippen molar-refractivity contribution in [3.05, 3.63) is 48.0 Å². The normalized spacial score (nSPS) is 10.6. The van der Waals surface area contributed by atoms with E-state index in [0.717, 1.165) is 17.8 Å². The number of nitrogens with zero attached hydrogens (tertiary/aromatic N) is 2. The van der Waals surface area contributed by atoms with Crippen LogP contribution in [0, 0.1) is 5.82 Å². The minimum absolute atomic E-state index is 0.0805. The Morgan fingerprint density at radius 2 is 1.95 bits per heavy atom. The third-order valence-corrected chi connectivity index (χ3v) is 2.63. The van der Waals surface area contributed by atoms with E-state index in [1.54, 1.807) is 18.2 Å². The van der Waals surface area contributed by atoms with Gasteiger partial charge in [-0.05, 0) is 38.0 Å². The first-order chi connectivity index (χ1) is 9.63. The van der Waals surface area contributed by atoms with E-state index < -0.39 is 0 Å². The Morgan fingerprint density at radius 1 is 1.20 bits per heavy atom. The number of hydrogen-bond donors (Lipinski definition) is 1. The van der Waals surface area contributed by atoms with E-state index in [4.69, 9.17) is 4.74 Å². The van der Waals surface area contributed by atoms with Crippen LogP contribution in [0.1, 0.15) is 19.4 Å². The summed E-state index contributed by atoms with van der Waals surface area (Å²) in [6, 6.07) is 8.27. The lowest BCUT2D eigenvalue weighted by Crippen LogP contribution is -2.09. The number of anilines is 1. The van der Waals surface area contributed by atoms with Gasteiger partial charge in [0.2, 0.25) is 5.88 Å². The molecule has 0 amide bonds. The molecule has 106 valence electrons. The number of nitrogens with one attached hydrogen (secondary N) is 1. The SMILES string of the molecule is CC(C)Oc1cc(NCCc2ccc(F)cc2)ncn1. The summed E-state index contributed by atoms with van der Waals surface area (Å²) in [5, 5.41) is 3.20. The van der Waals surface area contributed by atoms with Crippen LogP contribution in [0.25, 0.3) is 0 Å². The number of hydrogen-bond acceptors (Lipinski definition) is 4. The summed E-state index contributed by atoms with van der Waals surface area (Å²) in [5.41, 5.74) is 1.08. The molecule has 0 radical (unpaired) electrons. The van der Waals surface area contributed by atoms with E-state index in [9.17, 15) is 4.39 Å². The van der Waals surface area contributed by atoms with Crippen LogP contribution in [0.5, 0.6) is 5.88 Å². The van der Waals surface area contributed by atoms with Gasteiger partial charge in [0.05, 0.1) is 6.10 Å². The van der Waals surface area contributed by atoms with Crippen molar-refractivity contribution < 1.29 is 9.13 Å². The van der Waals surface area contributed by atoms with Gasteiger partial charge in [0.25, 0.3) is 0 Å². The fourth-order valence-corrected chi connectivity index (χ4v) is 1.73. The standard InChI is InChI=1S/C15H18FN3O/c1-11(2)20-15-9-14(18-10-19-15)17-8-7-12-3-5-13(16)6-4-12/h3-6,9-11H,7-8H2,1-2H3,(H,17,18,19). The molecule has 0 aliphatic rings. The molecule has 0 aliphatic heterocycles. The van der Waals surface area contributed by atoms with Crippen LogP contribution in [-0.2, 0) is 6.42 Å². The second kappa shape index (κ2) is 6.84. The Morgan fingerprint density at radius 3 is 2.65 bits per heavy atom. The van der Waals surface area contributed by atoms with Crippen LogP contribution >= 0.6 is 0 Å². The maximum atomic E-state index is 12.8. The molecule has 1 aromatic heterocycles. The monoisotopic (exact) mass is 275 g/mol. The van der Waals surface area contributed by atoms with Gasteiger partial charge in [0.1, 0.15) is 18.0 Å². The van der Waals surface area contributed by atoms with Crippen molar-refractivity contribution in [2.45, 2.75) is 26.4 Å². The molecule has 20 heavy (non-hydrogen) atoms. The van der Waals surface area contributed by atoms with Crippen LogP contribution in [0.3, 0.4) is 0 Å². The summed E-state index contributed by atoms with van der Waals surface area (Å²) in [6.45, 7) is 4.61. The van der Waals surface area contributed by atoms with Gasteiger partial charge >= 0.3 is 0 Å². The molecule has 1 N–H and O–H groups in total. The molecule has 2 rings (SSSR count). The predicted molar refractivity (Wildman–Crippen MR) is 76.4 cm³/mol. The van der Waals surface area contributed by atoms with Crippen LogP contribution in [-0.4, -0.2) is 22.6 Å². The zero-order valence-electron chi connectivity index (χ0n) is 11.6. The zero-order valence-corrected chi connectivity index (χ0v) is 11.6. The number of benzene rings is 1. The highest BCUT2D eigenvalue weighted by Crippen LogP contribution is 2.12.